The first-order valence-electron chi connectivity index (χ1n) is 5.74. The lowest BCUT2D eigenvalue weighted by molar-refractivity contribution is -0.137. The molecule has 0 saturated carbocycles. The van der Waals surface area contributed by atoms with E-state index in [1.165, 1.54) is 0 Å². The summed E-state index contributed by atoms with van der Waals surface area (Å²) in [7, 11) is 0. The Balaban J connectivity index is 2.88. The van der Waals surface area contributed by atoms with Gasteiger partial charge in [0.1, 0.15) is 5.60 Å². The van der Waals surface area contributed by atoms with E-state index in [1.54, 1.807) is 26.8 Å². The highest BCUT2D eigenvalue weighted by molar-refractivity contribution is 7.20. The van der Waals surface area contributed by atoms with Crippen molar-refractivity contribution in [1.82, 2.24) is 5.32 Å². The molecule has 1 heterocycles. The van der Waals surface area contributed by atoms with Crippen molar-refractivity contribution in [3.8, 4) is 0 Å². The van der Waals surface area contributed by atoms with Crippen LogP contribution in [0.3, 0.4) is 0 Å². The highest BCUT2D eigenvalue weighted by atomic mass is 35.5. The molecule has 5 nitrogen and oxygen atoms in total. The van der Waals surface area contributed by atoms with Gasteiger partial charge in [0.05, 0.1) is 21.1 Å². The summed E-state index contributed by atoms with van der Waals surface area (Å²) in [5.41, 5.74) is -0.205. The molecule has 1 rings (SSSR count). The highest BCUT2D eigenvalue weighted by Gasteiger charge is 2.25. The van der Waals surface area contributed by atoms with Crippen molar-refractivity contribution in [2.75, 3.05) is 0 Å². The van der Waals surface area contributed by atoms with Crippen LogP contribution in [0.15, 0.2) is 6.07 Å². The first-order valence-corrected chi connectivity index (χ1v) is 7.32. The van der Waals surface area contributed by atoms with E-state index >= 15 is 0 Å². The number of hydrogen-bond donors (Lipinski definition) is 2. The molecular formula is C12H15Cl2NO4S. The van der Waals surface area contributed by atoms with Gasteiger partial charge in [-0.15, -0.1) is 11.3 Å². The number of carboxylic acids is 1. The van der Waals surface area contributed by atoms with E-state index in [4.69, 9.17) is 33.0 Å². The zero-order valence-corrected chi connectivity index (χ0v) is 13.5. The van der Waals surface area contributed by atoms with Crippen LogP contribution in [-0.4, -0.2) is 22.8 Å². The summed E-state index contributed by atoms with van der Waals surface area (Å²) in [4.78, 5) is 22.6. The predicted octanol–water partition coefficient (Wildman–Crippen LogP) is 4.10. The molecule has 1 aromatic heterocycles. The number of hydrogen-bond acceptors (Lipinski definition) is 4. The Hall–Kier alpha value is -0.980. The van der Waals surface area contributed by atoms with Gasteiger partial charge in [-0.25, -0.2) is 4.79 Å². The Bertz CT molecular complexity index is 510. The largest absolute Gasteiger partial charge is 0.481 e. The van der Waals surface area contributed by atoms with E-state index in [9.17, 15) is 9.59 Å². The minimum absolute atomic E-state index is 0.313. The molecule has 0 aliphatic carbocycles. The van der Waals surface area contributed by atoms with Crippen molar-refractivity contribution in [1.29, 1.82) is 0 Å². The van der Waals surface area contributed by atoms with Gasteiger partial charge in [0.2, 0.25) is 0 Å². The fourth-order valence-corrected chi connectivity index (χ4v) is 3.03. The van der Waals surface area contributed by atoms with Gasteiger partial charge in [-0.2, -0.15) is 0 Å². The first-order chi connectivity index (χ1) is 9.08. The van der Waals surface area contributed by atoms with Crippen molar-refractivity contribution in [3.05, 3.63) is 20.3 Å². The summed E-state index contributed by atoms with van der Waals surface area (Å²) in [5.74, 6) is -1.07. The maximum absolute atomic E-state index is 11.7. The number of carbonyl (C=O) groups is 2. The molecule has 0 saturated heterocycles. The lowest BCUT2D eigenvalue weighted by Crippen LogP contribution is -2.35. The first kappa shape index (κ1) is 17.1. The normalized spacial score (nSPS) is 12.8. The number of halogens is 2. The maximum atomic E-state index is 11.7. The zero-order chi connectivity index (χ0) is 15.5. The molecule has 1 amide bonds. The fourth-order valence-electron chi connectivity index (χ4n) is 1.45. The van der Waals surface area contributed by atoms with Gasteiger partial charge in [0.15, 0.2) is 0 Å². The second-order valence-electron chi connectivity index (χ2n) is 5.08. The lowest BCUT2D eigenvalue weighted by atomic mass is 10.1. The van der Waals surface area contributed by atoms with Gasteiger partial charge >= 0.3 is 12.1 Å². The van der Waals surface area contributed by atoms with E-state index in [-0.39, 0.29) is 6.42 Å². The zero-order valence-electron chi connectivity index (χ0n) is 11.2. The molecule has 112 valence electrons. The Morgan fingerprint density at radius 3 is 2.45 bits per heavy atom. The minimum Gasteiger partial charge on any atom is -0.481 e. The molecule has 0 aromatic carbocycles. The summed E-state index contributed by atoms with van der Waals surface area (Å²) < 4.78 is 5.87. The number of nitrogens with one attached hydrogen (secondary N) is 1. The summed E-state index contributed by atoms with van der Waals surface area (Å²) in [6, 6.07) is 0.748. The van der Waals surface area contributed by atoms with Gasteiger partial charge in [0.25, 0.3) is 0 Å². The van der Waals surface area contributed by atoms with Crippen LogP contribution in [0.1, 0.15) is 38.8 Å². The van der Waals surface area contributed by atoms with Crippen LogP contribution in [0, 0.1) is 0 Å². The molecule has 0 bridgehead atoms. The number of carboxylic acid groups (broad SMARTS) is 1. The quantitative estimate of drug-likeness (QED) is 0.865. The molecule has 0 spiro atoms. The second kappa shape index (κ2) is 6.65. The van der Waals surface area contributed by atoms with Crippen molar-refractivity contribution in [3.63, 3.8) is 0 Å². The van der Waals surface area contributed by atoms with Crippen LogP contribution in [0.25, 0.3) is 0 Å². The molecule has 0 aliphatic heterocycles. The van der Waals surface area contributed by atoms with Crippen molar-refractivity contribution >= 4 is 46.6 Å². The van der Waals surface area contributed by atoms with E-state index < -0.39 is 23.7 Å². The smallest absolute Gasteiger partial charge is 0.408 e. The van der Waals surface area contributed by atoms with Crippen LogP contribution in [0.4, 0.5) is 4.79 Å². The van der Waals surface area contributed by atoms with Crippen LogP contribution in [-0.2, 0) is 9.53 Å². The molecule has 8 heteroatoms. The van der Waals surface area contributed by atoms with Gasteiger partial charge in [-0.05, 0) is 26.8 Å². The maximum Gasteiger partial charge on any atom is 0.408 e. The molecule has 20 heavy (non-hydrogen) atoms. The van der Waals surface area contributed by atoms with Crippen molar-refractivity contribution in [2.45, 2.75) is 38.8 Å². The van der Waals surface area contributed by atoms with Crippen molar-refractivity contribution in [2.24, 2.45) is 0 Å². The number of alkyl carbamates (subject to hydrolysis) is 1. The van der Waals surface area contributed by atoms with Gasteiger partial charge in [0, 0.05) is 5.56 Å². The van der Waals surface area contributed by atoms with Crippen LogP contribution in [0.5, 0.6) is 0 Å². The number of amides is 1. The minimum atomic E-state index is -1.07. The number of carbonyl (C=O) groups excluding carboxylic acids is 1. The summed E-state index contributed by atoms with van der Waals surface area (Å²) >= 11 is 12.9. The standard InChI is InChI=1S/C12H15Cl2NO4S/c1-12(2,3)19-11(18)15-7(5-9(16)17)6-4-8(13)20-10(6)14/h4,7H,5H2,1-3H3,(H,15,18)(H,16,17)/t7-/m0/s1. The monoisotopic (exact) mass is 339 g/mol. The van der Waals surface area contributed by atoms with Gasteiger partial charge in [-0.1, -0.05) is 23.2 Å². The van der Waals surface area contributed by atoms with Gasteiger partial charge < -0.3 is 15.2 Å². The van der Waals surface area contributed by atoms with Crippen LogP contribution in [0.2, 0.25) is 8.67 Å². The third-order valence-corrected chi connectivity index (χ3v) is 3.65. The third kappa shape index (κ3) is 5.56. The molecule has 0 fully saturated rings. The molecule has 0 unspecified atom stereocenters. The third-order valence-electron chi connectivity index (χ3n) is 2.13. The summed E-state index contributed by atoms with van der Waals surface area (Å²) in [5, 5.41) is 11.4. The molecule has 1 aromatic rings. The average Bonchev–Trinajstić information content (AvgIpc) is 2.53. The second-order valence-corrected chi connectivity index (χ2v) is 7.36. The molecule has 0 aliphatic rings. The van der Waals surface area contributed by atoms with E-state index in [2.05, 4.69) is 5.32 Å². The van der Waals surface area contributed by atoms with E-state index in [0.29, 0.717) is 14.2 Å². The Kier molecular flexibility index (Phi) is 5.68. The number of aliphatic carboxylic acids is 1. The molecular weight excluding hydrogens is 325 g/mol. The average molecular weight is 340 g/mol. The summed E-state index contributed by atoms with van der Waals surface area (Å²) in [6.45, 7) is 5.15. The molecule has 1 atom stereocenters. The Morgan fingerprint density at radius 1 is 1.45 bits per heavy atom. The van der Waals surface area contributed by atoms with E-state index in [1.807, 2.05) is 0 Å². The Labute approximate surface area is 130 Å². The lowest BCUT2D eigenvalue weighted by Gasteiger charge is -2.22. The number of ether oxygens (including phenoxy) is 1. The van der Waals surface area contributed by atoms with Crippen LogP contribution < -0.4 is 5.32 Å². The fraction of sp³-hybridized carbons (Fsp3) is 0.500. The molecule has 2 N–H and O–H groups in total. The highest BCUT2D eigenvalue weighted by Crippen LogP contribution is 2.36. The topological polar surface area (TPSA) is 75.6 Å². The predicted molar refractivity (Wildman–Crippen MR) is 78.7 cm³/mol. The van der Waals surface area contributed by atoms with Crippen molar-refractivity contribution < 1.29 is 19.4 Å². The van der Waals surface area contributed by atoms with E-state index in [0.717, 1.165) is 11.3 Å². The SMILES string of the molecule is CC(C)(C)OC(=O)N[C@@H](CC(=O)O)c1cc(Cl)sc1Cl. The number of thiophene rings is 1. The summed E-state index contributed by atoms with van der Waals surface area (Å²) in [6.07, 6.45) is -1.02. The number of rotatable bonds is 4. The van der Waals surface area contributed by atoms with Crippen LogP contribution >= 0.6 is 34.5 Å². The molecule has 0 radical (unpaired) electrons. The van der Waals surface area contributed by atoms with Gasteiger partial charge in [-0.3, -0.25) is 4.79 Å². The Morgan fingerprint density at radius 2 is 2.05 bits per heavy atom.